The molecule has 6 nitrogen and oxygen atoms in total. The zero-order chi connectivity index (χ0) is 17.3. The van der Waals surface area contributed by atoms with E-state index >= 15 is 0 Å². The average molecular weight is 365 g/mol. The number of morpholine rings is 1. The van der Waals surface area contributed by atoms with Gasteiger partial charge in [-0.2, -0.15) is 4.31 Å². The van der Waals surface area contributed by atoms with E-state index in [1.165, 1.54) is 0 Å². The molecule has 3 aliphatic rings. The summed E-state index contributed by atoms with van der Waals surface area (Å²) in [6, 6.07) is 4.18. The average Bonchev–Trinajstić information content (AvgIpc) is 3.48. The largest absolute Gasteiger partial charge is 0.371 e. The summed E-state index contributed by atoms with van der Waals surface area (Å²) in [5.41, 5.74) is 0.752. The number of aromatic nitrogens is 1. The van der Waals surface area contributed by atoms with Crippen LogP contribution in [-0.2, 0) is 21.3 Å². The number of hydrogen-bond donors (Lipinski definition) is 1. The lowest BCUT2D eigenvalue weighted by Gasteiger charge is -2.49. The molecule has 0 radical (unpaired) electrons. The van der Waals surface area contributed by atoms with Crippen LogP contribution >= 0.6 is 0 Å². The minimum atomic E-state index is -3.14. The van der Waals surface area contributed by atoms with Crippen LogP contribution in [0.25, 0.3) is 0 Å². The third-order valence-corrected chi connectivity index (χ3v) is 8.08. The van der Waals surface area contributed by atoms with Crippen molar-refractivity contribution in [3.8, 4) is 0 Å². The molecule has 1 saturated heterocycles. The van der Waals surface area contributed by atoms with E-state index in [2.05, 4.69) is 16.4 Å². The van der Waals surface area contributed by atoms with Gasteiger partial charge in [0.25, 0.3) is 0 Å². The monoisotopic (exact) mass is 365 g/mol. The van der Waals surface area contributed by atoms with Crippen LogP contribution in [0, 0.1) is 0 Å². The molecule has 1 aromatic heterocycles. The van der Waals surface area contributed by atoms with E-state index < -0.39 is 10.0 Å². The summed E-state index contributed by atoms with van der Waals surface area (Å²) < 4.78 is 33.4. The van der Waals surface area contributed by atoms with Gasteiger partial charge < -0.3 is 10.1 Å². The number of nitrogens with zero attached hydrogens (tertiary/aromatic N) is 2. The summed E-state index contributed by atoms with van der Waals surface area (Å²) in [6.45, 7) is 2.22. The molecule has 4 rings (SSSR count). The fraction of sp³-hybridized carbons (Fsp3) is 0.722. The number of nitrogens with one attached hydrogen (secondary N) is 1. The van der Waals surface area contributed by atoms with Gasteiger partial charge in [-0.25, -0.2) is 8.42 Å². The second kappa shape index (κ2) is 6.95. The first-order valence-electron chi connectivity index (χ1n) is 9.35. The maximum Gasteiger partial charge on any atom is 0.217 e. The maximum atomic E-state index is 12.7. The number of sulfonamides is 1. The highest BCUT2D eigenvalue weighted by Gasteiger charge is 2.50. The van der Waals surface area contributed by atoms with E-state index in [9.17, 15) is 8.42 Å². The minimum absolute atomic E-state index is 0.145. The topological polar surface area (TPSA) is 71.5 Å². The van der Waals surface area contributed by atoms with Crippen LogP contribution in [0.1, 0.15) is 44.1 Å². The molecule has 1 spiro atoms. The smallest absolute Gasteiger partial charge is 0.217 e. The Bertz CT molecular complexity index is 689. The fourth-order valence-electron chi connectivity index (χ4n) is 4.17. The molecule has 7 heteroatoms. The molecule has 1 N–H and O–H groups in total. The molecule has 0 aromatic carbocycles. The highest BCUT2D eigenvalue weighted by molar-refractivity contribution is 7.90. The molecule has 25 heavy (non-hydrogen) atoms. The highest BCUT2D eigenvalue weighted by atomic mass is 32.2. The van der Waals surface area contributed by atoms with E-state index in [0.717, 1.165) is 50.6 Å². The number of hydrogen-bond acceptors (Lipinski definition) is 5. The Hall–Kier alpha value is -1.02. The second-order valence-corrected chi connectivity index (χ2v) is 9.74. The number of rotatable bonds is 5. The molecule has 1 aliphatic heterocycles. The summed E-state index contributed by atoms with van der Waals surface area (Å²) in [5, 5.41) is 3.48. The molecule has 0 amide bonds. The van der Waals surface area contributed by atoms with Crippen LogP contribution in [0.3, 0.4) is 0 Å². The molecule has 2 saturated carbocycles. The SMILES string of the molecule is O=S(=O)(C1CC1)N1CCO[C@@]2(CCCC[C@@H]2NCc2cccnc2)C1. The normalized spacial score (nSPS) is 31.3. The van der Waals surface area contributed by atoms with Gasteiger partial charge in [-0.1, -0.05) is 18.9 Å². The van der Waals surface area contributed by atoms with Gasteiger partial charge in [-0.15, -0.1) is 0 Å². The summed E-state index contributed by atoms with van der Waals surface area (Å²) in [4.78, 5) is 4.16. The second-order valence-electron chi connectivity index (χ2n) is 7.53. The quantitative estimate of drug-likeness (QED) is 0.860. The lowest BCUT2D eigenvalue weighted by atomic mass is 9.79. The fourth-order valence-corrected chi connectivity index (χ4v) is 6.05. The Morgan fingerprint density at radius 3 is 2.96 bits per heavy atom. The zero-order valence-corrected chi connectivity index (χ0v) is 15.4. The zero-order valence-electron chi connectivity index (χ0n) is 14.6. The van der Waals surface area contributed by atoms with Crippen molar-refractivity contribution in [2.45, 2.75) is 62.0 Å². The van der Waals surface area contributed by atoms with Gasteiger partial charge in [0, 0.05) is 38.1 Å². The van der Waals surface area contributed by atoms with Crippen molar-refractivity contribution in [2.24, 2.45) is 0 Å². The summed E-state index contributed by atoms with van der Waals surface area (Å²) in [5.74, 6) is 0. The Balaban J connectivity index is 1.48. The Morgan fingerprint density at radius 2 is 2.20 bits per heavy atom. The Kier molecular flexibility index (Phi) is 4.83. The molecule has 0 unspecified atom stereocenters. The highest BCUT2D eigenvalue weighted by Crippen LogP contribution is 2.38. The van der Waals surface area contributed by atoms with E-state index in [1.54, 1.807) is 10.5 Å². The van der Waals surface area contributed by atoms with Crippen LogP contribution in [0.2, 0.25) is 0 Å². The van der Waals surface area contributed by atoms with Crippen LogP contribution in [0.15, 0.2) is 24.5 Å². The lowest BCUT2D eigenvalue weighted by Crippen LogP contribution is -2.64. The van der Waals surface area contributed by atoms with Gasteiger partial charge in [0.1, 0.15) is 0 Å². The maximum absolute atomic E-state index is 12.7. The van der Waals surface area contributed by atoms with E-state index in [4.69, 9.17) is 4.74 Å². The number of ether oxygens (including phenoxy) is 1. The van der Waals surface area contributed by atoms with Gasteiger partial charge in [-0.3, -0.25) is 4.98 Å². The minimum Gasteiger partial charge on any atom is -0.371 e. The van der Waals surface area contributed by atoms with Crippen molar-refractivity contribution in [3.63, 3.8) is 0 Å². The molecular formula is C18H27N3O3S. The standard InChI is InChI=1S/C18H27N3O3S/c22-25(23,16-6-7-16)21-10-11-24-18(14-21)8-2-1-5-17(18)20-13-15-4-3-9-19-12-15/h3-4,9,12,16-17,20H,1-2,5-8,10-11,13-14H2/t17-,18-/m0/s1. The van der Waals surface area contributed by atoms with Crippen molar-refractivity contribution in [2.75, 3.05) is 19.7 Å². The van der Waals surface area contributed by atoms with Gasteiger partial charge in [0.15, 0.2) is 0 Å². The van der Waals surface area contributed by atoms with Crippen LogP contribution in [-0.4, -0.2) is 54.3 Å². The van der Waals surface area contributed by atoms with Crippen molar-refractivity contribution in [1.82, 2.24) is 14.6 Å². The molecule has 138 valence electrons. The van der Waals surface area contributed by atoms with E-state index in [-0.39, 0.29) is 16.9 Å². The lowest BCUT2D eigenvalue weighted by molar-refractivity contribution is -0.127. The predicted molar refractivity (Wildman–Crippen MR) is 95.5 cm³/mol. The van der Waals surface area contributed by atoms with Crippen LogP contribution < -0.4 is 5.32 Å². The summed E-state index contributed by atoms with van der Waals surface area (Å²) in [6.07, 6.45) is 9.48. The van der Waals surface area contributed by atoms with Crippen LogP contribution in [0.5, 0.6) is 0 Å². The molecule has 2 heterocycles. The Labute approximate surface area is 150 Å². The van der Waals surface area contributed by atoms with Crippen molar-refractivity contribution in [1.29, 1.82) is 0 Å². The first kappa shape index (κ1) is 17.4. The van der Waals surface area contributed by atoms with Gasteiger partial charge in [0.2, 0.25) is 10.0 Å². The first-order valence-corrected chi connectivity index (χ1v) is 10.9. The molecule has 2 atom stereocenters. The predicted octanol–water partition coefficient (Wildman–Crippen LogP) is 1.68. The molecule has 3 fully saturated rings. The molecule has 0 bridgehead atoms. The van der Waals surface area contributed by atoms with Crippen LogP contribution in [0.4, 0.5) is 0 Å². The van der Waals surface area contributed by atoms with Crippen molar-refractivity contribution in [3.05, 3.63) is 30.1 Å². The first-order chi connectivity index (χ1) is 12.1. The van der Waals surface area contributed by atoms with Crippen molar-refractivity contribution >= 4 is 10.0 Å². The molecule has 1 aromatic rings. The third-order valence-electron chi connectivity index (χ3n) is 5.73. The molecular weight excluding hydrogens is 338 g/mol. The number of pyridine rings is 1. The van der Waals surface area contributed by atoms with Gasteiger partial charge in [-0.05, 0) is 37.3 Å². The Morgan fingerprint density at radius 1 is 1.32 bits per heavy atom. The molecule has 2 aliphatic carbocycles. The summed E-state index contributed by atoms with van der Waals surface area (Å²) >= 11 is 0. The van der Waals surface area contributed by atoms with E-state index in [1.807, 2.05) is 12.3 Å². The van der Waals surface area contributed by atoms with E-state index in [0.29, 0.717) is 19.7 Å². The third kappa shape index (κ3) is 3.60. The summed E-state index contributed by atoms with van der Waals surface area (Å²) in [7, 11) is -3.14. The van der Waals surface area contributed by atoms with Gasteiger partial charge >= 0.3 is 0 Å². The van der Waals surface area contributed by atoms with Crippen molar-refractivity contribution < 1.29 is 13.2 Å². The van der Waals surface area contributed by atoms with Gasteiger partial charge in [0.05, 0.1) is 17.5 Å².